The zero-order valence-electron chi connectivity index (χ0n) is 19.6. The van der Waals surface area contributed by atoms with E-state index in [4.69, 9.17) is 4.98 Å². The van der Waals surface area contributed by atoms with Gasteiger partial charge in [-0.3, -0.25) is 0 Å². The van der Waals surface area contributed by atoms with Gasteiger partial charge in [0.15, 0.2) is 5.16 Å². The Kier molecular flexibility index (Phi) is 8.04. The first-order valence-corrected chi connectivity index (χ1v) is 12.7. The maximum atomic E-state index is 12.3. The van der Waals surface area contributed by atoms with Crippen LogP contribution in [0.15, 0.2) is 90.1 Å². The molecule has 5 nitrogen and oxygen atoms in total. The van der Waals surface area contributed by atoms with Crippen LogP contribution in [-0.4, -0.2) is 27.9 Å². The second-order valence-electron chi connectivity index (χ2n) is 7.85. The molecular formula is C28H30N4OS. The van der Waals surface area contributed by atoms with Gasteiger partial charge in [-0.15, -0.1) is 0 Å². The van der Waals surface area contributed by atoms with Crippen LogP contribution in [-0.2, 0) is 13.0 Å². The van der Waals surface area contributed by atoms with Crippen molar-refractivity contribution in [2.45, 2.75) is 32.0 Å². The molecule has 0 spiro atoms. The number of benzene rings is 3. The number of hydrogen-bond donors (Lipinski definition) is 2. The van der Waals surface area contributed by atoms with Crippen LogP contribution in [0.4, 0.5) is 10.5 Å². The molecule has 0 radical (unpaired) electrons. The van der Waals surface area contributed by atoms with Crippen LogP contribution in [0.3, 0.4) is 0 Å². The van der Waals surface area contributed by atoms with Crippen LogP contribution in [0.25, 0.3) is 22.5 Å². The summed E-state index contributed by atoms with van der Waals surface area (Å²) in [5.41, 5.74) is 6.40. The Morgan fingerprint density at radius 2 is 1.53 bits per heavy atom. The van der Waals surface area contributed by atoms with Crippen molar-refractivity contribution < 1.29 is 4.79 Å². The first kappa shape index (κ1) is 23.6. The first-order valence-electron chi connectivity index (χ1n) is 11.7. The fourth-order valence-electron chi connectivity index (χ4n) is 3.83. The summed E-state index contributed by atoms with van der Waals surface area (Å²) in [5.74, 6) is 0.724. The van der Waals surface area contributed by atoms with E-state index in [2.05, 4.69) is 65.4 Å². The van der Waals surface area contributed by atoms with Gasteiger partial charge in [-0.1, -0.05) is 91.5 Å². The largest absolute Gasteiger partial charge is 0.337 e. The molecule has 0 aliphatic carbocycles. The van der Waals surface area contributed by atoms with Crippen LogP contribution in [0.1, 0.15) is 19.4 Å². The minimum Gasteiger partial charge on any atom is -0.337 e. The number of nitrogens with zero attached hydrogens (tertiary/aromatic N) is 2. The summed E-state index contributed by atoms with van der Waals surface area (Å²) < 4.78 is 2.26. The molecule has 0 saturated heterocycles. The van der Waals surface area contributed by atoms with E-state index in [1.165, 1.54) is 5.56 Å². The molecule has 0 bridgehead atoms. The van der Waals surface area contributed by atoms with E-state index < -0.39 is 0 Å². The molecule has 4 rings (SSSR count). The van der Waals surface area contributed by atoms with E-state index in [1.54, 1.807) is 11.8 Å². The van der Waals surface area contributed by atoms with E-state index >= 15 is 0 Å². The molecule has 0 fully saturated rings. The molecule has 2 amide bonds. The molecule has 3 aromatic carbocycles. The molecule has 34 heavy (non-hydrogen) atoms. The Balaban J connectivity index is 1.44. The fraction of sp³-hybridized carbons (Fsp3) is 0.214. The summed E-state index contributed by atoms with van der Waals surface area (Å²) in [5, 5.41) is 6.79. The van der Waals surface area contributed by atoms with Crippen molar-refractivity contribution in [3.8, 4) is 22.5 Å². The van der Waals surface area contributed by atoms with E-state index in [9.17, 15) is 4.79 Å². The summed E-state index contributed by atoms with van der Waals surface area (Å²) >= 11 is 1.66. The number of rotatable bonds is 9. The molecule has 2 N–H and O–H groups in total. The van der Waals surface area contributed by atoms with Crippen LogP contribution in [0, 0.1) is 0 Å². The number of aromatic nitrogens is 2. The SMILES string of the molecule is CCc1ccc(NC(=O)NCCSc2nc(-c3ccccc3)c(-c3ccccc3)n2CC)cc1. The number of imidazole rings is 1. The van der Waals surface area contributed by atoms with Crippen LogP contribution in [0.2, 0.25) is 0 Å². The molecule has 0 aliphatic rings. The van der Waals surface area contributed by atoms with Gasteiger partial charge in [-0.25, -0.2) is 9.78 Å². The predicted molar refractivity (Wildman–Crippen MR) is 142 cm³/mol. The highest BCUT2D eigenvalue weighted by molar-refractivity contribution is 7.99. The highest BCUT2D eigenvalue weighted by Gasteiger charge is 2.19. The number of thioether (sulfide) groups is 1. The Labute approximate surface area is 205 Å². The van der Waals surface area contributed by atoms with Gasteiger partial charge in [0.25, 0.3) is 0 Å². The second kappa shape index (κ2) is 11.6. The van der Waals surface area contributed by atoms with Gasteiger partial charge >= 0.3 is 6.03 Å². The molecule has 0 aliphatic heterocycles. The Hall–Kier alpha value is -3.51. The van der Waals surface area contributed by atoms with E-state index in [1.807, 2.05) is 48.5 Å². The number of aryl methyl sites for hydroxylation is 1. The van der Waals surface area contributed by atoms with E-state index in [-0.39, 0.29) is 6.03 Å². The summed E-state index contributed by atoms with van der Waals surface area (Å²) in [6.45, 7) is 5.61. The lowest BCUT2D eigenvalue weighted by Gasteiger charge is -2.11. The van der Waals surface area contributed by atoms with Gasteiger partial charge < -0.3 is 15.2 Å². The zero-order chi connectivity index (χ0) is 23.8. The lowest BCUT2D eigenvalue weighted by atomic mass is 10.0. The average molecular weight is 471 g/mol. The van der Waals surface area contributed by atoms with Gasteiger partial charge in [-0.2, -0.15) is 0 Å². The van der Waals surface area contributed by atoms with E-state index in [0.29, 0.717) is 6.54 Å². The quantitative estimate of drug-likeness (QED) is 0.211. The van der Waals surface area contributed by atoms with Gasteiger partial charge in [0.1, 0.15) is 0 Å². The van der Waals surface area contributed by atoms with Crippen molar-refractivity contribution in [3.05, 3.63) is 90.5 Å². The number of urea groups is 1. The average Bonchev–Trinajstić information content (AvgIpc) is 3.26. The smallest absolute Gasteiger partial charge is 0.319 e. The molecule has 174 valence electrons. The number of carbonyl (C=O) groups excluding carboxylic acids is 1. The molecule has 6 heteroatoms. The minimum atomic E-state index is -0.196. The first-order chi connectivity index (χ1) is 16.7. The predicted octanol–water partition coefficient (Wildman–Crippen LogP) is 6.71. The van der Waals surface area contributed by atoms with Crippen molar-refractivity contribution in [2.24, 2.45) is 0 Å². The number of carbonyl (C=O) groups is 1. The van der Waals surface area contributed by atoms with E-state index in [0.717, 1.165) is 52.1 Å². The topological polar surface area (TPSA) is 59.0 Å². The van der Waals surface area contributed by atoms with Crippen LogP contribution < -0.4 is 10.6 Å². The van der Waals surface area contributed by atoms with Crippen molar-refractivity contribution in [3.63, 3.8) is 0 Å². The Morgan fingerprint density at radius 1 is 0.882 bits per heavy atom. The molecule has 1 heterocycles. The third-order valence-corrected chi connectivity index (χ3v) is 6.56. The fourth-order valence-corrected chi connectivity index (χ4v) is 4.75. The summed E-state index contributed by atoms with van der Waals surface area (Å²) in [4.78, 5) is 17.3. The van der Waals surface area contributed by atoms with Gasteiger partial charge in [-0.05, 0) is 31.0 Å². The van der Waals surface area contributed by atoms with Crippen molar-refractivity contribution >= 4 is 23.5 Å². The lowest BCUT2D eigenvalue weighted by molar-refractivity contribution is 0.252. The molecule has 1 aromatic heterocycles. The maximum Gasteiger partial charge on any atom is 0.319 e. The van der Waals surface area contributed by atoms with Crippen molar-refractivity contribution in [1.82, 2.24) is 14.9 Å². The third-order valence-electron chi connectivity index (χ3n) is 5.58. The normalized spacial score (nSPS) is 10.8. The molecule has 4 aromatic rings. The monoisotopic (exact) mass is 470 g/mol. The Bertz CT molecular complexity index is 1200. The highest BCUT2D eigenvalue weighted by atomic mass is 32.2. The standard InChI is InChI=1S/C28H30N4OS/c1-3-21-15-17-24(18-16-21)30-27(33)29-19-20-34-28-31-25(22-11-7-5-8-12-22)26(32(28)4-2)23-13-9-6-10-14-23/h5-18H,3-4,19-20H2,1-2H3,(H2,29,30,33). The number of hydrogen-bond acceptors (Lipinski definition) is 3. The molecule has 0 atom stereocenters. The van der Waals surface area contributed by atoms with Crippen molar-refractivity contribution in [2.75, 3.05) is 17.6 Å². The van der Waals surface area contributed by atoms with Crippen LogP contribution >= 0.6 is 11.8 Å². The summed E-state index contributed by atoms with van der Waals surface area (Å²) in [6, 6.07) is 28.4. The molecule has 0 unspecified atom stereocenters. The maximum absolute atomic E-state index is 12.3. The van der Waals surface area contributed by atoms with Gasteiger partial charge in [0, 0.05) is 35.7 Å². The van der Waals surface area contributed by atoms with Gasteiger partial charge in [0.2, 0.25) is 0 Å². The molecular weight excluding hydrogens is 440 g/mol. The zero-order valence-corrected chi connectivity index (χ0v) is 20.4. The van der Waals surface area contributed by atoms with Crippen molar-refractivity contribution in [1.29, 1.82) is 0 Å². The third kappa shape index (κ3) is 5.69. The van der Waals surface area contributed by atoms with Crippen LogP contribution in [0.5, 0.6) is 0 Å². The molecule has 0 saturated carbocycles. The second-order valence-corrected chi connectivity index (χ2v) is 8.91. The minimum absolute atomic E-state index is 0.196. The summed E-state index contributed by atoms with van der Waals surface area (Å²) in [6.07, 6.45) is 0.981. The number of amides is 2. The number of anilines is 1. The number of nitrogens with one attached hydrogen (secondary N) is 2. The van der Waals surface area contributed by atoms with Gasteiger partial charge in [0.05, 0.1) is 11.4 Å². The summed E-state index contributed by atoms with van der Waals surface area (Å²) in [7, 11) is 0. The highest BCUT2D eigenvalue weighted by Crippen LogP contribution is 2.35. The lowest BCUT2D eigenvalue weighted by Crippen LogP contribution is -2.30. The Morgan fingerprint density at radius 3 is 2.15 bits per heavy atom.